The van der Waals surface area contributed by atoms with Crippen LogP contribution in [-0.4, -0.2) is 9.55 Å². The van der Waals surface area contributed by atoms with Gasteiger partial charge in [0.25, 0.3) is 0 Å². The van der Waals surface area contributed by atoms with E-state index in [0.717, 1.165) is 24.1 Å². The Morgan fingerprint density at radius 1 is 1.22 bits per heavy atom. The number of hydrogen-bond donors (Lipinski definition) is 1. The van der Waals surface area contributed by atoms with Gasteiger partial charge in [-0.2, -0.15) is 0 Å². The third kappa shape index (κ3) is 2.55. The summed E-state index contributed by atoms with van der Waals surface area (Å²) in [7, 11) is 0. The maximum absolute atomic E-state index is 4.39. The van der Waals surface area contributed by atoms with Crippen LogP contribution >= 0.6 is 0 Å². The number of aryl methyl sites for hydroxylation is 1. The summed E-state index contributed by atoms with van der Waals surface area (Å²) in [6.45, 7) is 1.07. The molecule has 1 heterocycles. The molecule has 0 amide bonds. The molecule has 3 nitrogen and oxygen atoms in total. The number of nitrogens with zero attached hydrogens (tertiary/aromatic N) is 2. The van der Waals surface area contributed by atoms with E-state index in [9.17, 15) is 0 Å². The Morgan fingerprint density at radius 2 is 2.06 bits per heavy atom. The van der Waals surface area contributed by atoms with E-state index >= 15 is 0 Å². The Bertz CT molecular complexity index is 485. The number of nitrogens with one attached hydrogen (secondary N) is 1. The average Bonchev–Trinajstić information content (AvgIpc) is 2.76. The first-order valence-corrected chi connectivity index (χ1v) is 6.75. The minimum absolute atomic E-state index is 0.942. The highest BCUT2D eigenvalue weighted by Gasteiger charge is 2.17. The lowest BCUT2D eigenvalue weighted by Crippen LogP contribution is -2.14. The second kappa shape index (κ2) is 5.25. The maximum atomic E-state index is 4.39. The maximum Gasteiger partial charge on any atom is 0.207 e. The number of aromatic nitrogens is 2. The molecule has 2 aromatic rings. The van der Waals surface area contributed by atoms with Crippen molar-refractivity contribution in [2.75, 3.05) is 5.32 Å². The van der Waals surface area contributed by atoms with Crippen molar-refractivity contribution in [1.82, 2.24) is 9.55 Å². The van der Waals surface area contributed by atoms with Crippen LogP contribution in [0.2, 0.25) is 0 Å². The summed E-state index contributed by atoms with van der Waals surface area (Å²) in [5.74, 6) is 1.89. The second-order valence-electron chi connectivity index (χ2n) is 5.02. The molecule has 1 aromatic heterocycles. The van der Waals surface area contributed by atoms with Gasteiger partial charge in [-0.25, -0.2) is 4.98 Å². The number of anilines is 2. The predicted molar refractivity (Wildman–Crippen MR) is 73.9 cm³/mol. The lowest BCUT2D eigenvalue weighted by atomic mass is 9.83. The molecule has 1 N–H and O–H groups in total. The first-order valence-electron chi connectivity index (χ1n) is 6.75. The van der Waals surface area contributed by atoms with Gasteiger partial charge >= 0.3 is 0 Å². The zero-order valence-corrected chi connectivity index (χ0v) is 10.5. The molecule has 94 valence electrons. The van der Waals surface area contributed by atoms with Crippen LogP contribution in [0.1, 0.15) is 25.7 Å². The van der Waals surface area contributed by atoms with Gasteiger partial charge < -0.3 is 9.88 Å². The molecule has 0 saturated heterocycles. The summed E-state index contributed by atoms with van der Waals surface area (Å²) >= 11 is 0. The molecule has 3 rings (SSSR count). The fourth-order valence-electron chi connectivity index (χ4n) is 2.37. The molecule has 3 heteroatoms. The first kappa shape index (κ1) is 11.3. The van der Waals surface area contributed by atoms with Crippen LogP contribution in [0, 0.1) is 5.92 Å². The fourth-order valence-corrected chi connectivity index (χ4v) is 2.37. The summed E-state index contributed by atoms with van der Waals surface area (Å²) < 4.78 is 2.21. The number of hydrogen-bond acceptors (Lipinski definition) is 2. The van der Waals surface area contributed by atoms with Crippen molar-refractivity contribution < 1.29 is 0 Å². The van der Waals surface area contributed by atoms with Crippen LogP contribution in [0.15, 0.2) is 42.7 Å². The van der Waals surface area contributed by atoms with Gasteiger partial charge in [-0.05, 0) is 24.5 Å². The van der Waals surface area contributed by atoms with Gasteiger partial charge in [0.1, 0.15) is 0 Å². The zero-order valence-electron chi connectivity index (χ0n) is 10.5. The van der Waals surface area contributed by atoms with E-state index in [2.05, 4.69) is 33.2 Å². The highest BCUT2D eigenvalue weighted by molar-refractivity contribution is 5.52. The first-order chi connectivity index (χ1) is 8.92. The third-order valence-corrected chi connectivity index (χ3v) is 3.75. The minimum atomic E-state index is 0.942. The Hall–Kier alpha value is -1.77. The molecule has 0 aliphatic heterocycles. The SMILES string of the molecule is c1ccc(Nc2nccn2CCC2CCC2)cc1. The van der Waals surface area contributed by atoms with Gasteiger partial charge in [-0.15, -0.1) is 0 Å². The standard InChI is InChI=1S/C15H19N3/c1-2-7-14(8-3-1)17-15-16-10-12-18(15)11-9-13-5-4-6-13/h1-3,7-8,10,12-13H,4-6,9,11H2,(H,16,17). The second-order valence-corrected chi connectivity index (χ2v) is 5.02. The summed E-state index contributed by atoms with van der Waals surface area (Å²) in [6.07, 6.45) is 9.45. The van der Waals surface area contributed by atoms with Gasteiger partial charge in [-0.1, -0.05) is 37.5 Å². The highest BCUT2D eigenvalue weighted by atomic mass is 15.2. The highest BCUT2D eigenvalue weighted by Crippen LogP contribution is 2.30. The Kier molecular flexibility index (Phi) is 3.31. The molecule has 1 saturated carbocycles. The number of benzene rings is 1. The molecule has 1 aliphatic rings. The van der Waals surface area contributed by atoms with Gasteiger partial charge in [0.15, 0.2) is 0 Å². The molecule has 0 bridgehead atoms. The molecule has 0 unspecified atom stereocenters. The van der Waals surface area contributed by atoms with E-state index in [1.807, 2.05) is 24.4 Å². The molecular formula is C15H19N3. The van der Waals surface area contributed by atoms with Crippen molar-refractivity contribution in [3.8, 4) is 0 Å². The van der Waals surface area contributed by atoms with Crippen LogP contribution in [-0.2, 0) is 6.54 Å². The molecule has 0 spiro atoms. The summed E-state index contributed by atoms with van der Waals surface area (Å²) in [6, 6.07) is 10.2. The lowest BCUT2D eigenvalue weighted by molar-refractivity contribution is 0.283. The average molecular weight is 241 g/mol. The van der Waals surface area contributed by atoms with Crippen LogP contribution in [0.25, 0.3) is 0 Å². The Balaban J connectivity index is 1.63. The predicted octanol–water partition coefficient (Wildman–Crippen LogP) is 3.82. The van der Waals surface area contributed by atoms with Crippen molar-refractivity contribution in [1.29, 1.82) is 0 Å². The van der Waals surface area contributed by atoms with Crippen LogP contribution in [0.3, 0.4) is 0 Å². The number of para-hydroxylation sites is 1. The summed E-state index contributed by atoms with van der Waals surface area (Å²) in [5, 5.41) is 3.36. The van der Waals surface area contributed by atoms with Gasteiger partial charge in [-0.3, -0.25) is 0 Å². The minimum Gasteiger partial charge on any atom is -0.326 e. The van der Waals surface area contributed by atoms with E-state index in [0.29, 0.717) is 0 Å². The van der Waals surface area contributed by atoms with Crippen molar-refractivity contribution in [3.05, 3.63) is 42.7 Å². The quantitative estimate of drug-likeness (QED) is 0.862. The van der Waals surface area contributed by atoms with Crippen molar-refractivity contribution in [2.45, 2.75) is 32.2 Å². The molecule has 1 fully saturated rings. The van der Waals surface area contributed by atoms with E-state index in [1.165, 1.54) is 25.7 Å². The van der Waals surface area contributed by atoms with E-state index in [4.69, 9.17) is 0 Å². The van der Waals surface area contributed by atoms with Crippen LogP contribution in [0.5, 0.6) is 0 Å². The normalized spacial score (nSPS) is 15.3. The van der Waals surface area contributed by atoms with Crippen LogP contribution in [0.4, 0.5) is 11.6 Å². The third-order valence-electron chi connectivity index (χ3n) is 3.75. The van der Waals surface area contributed by atoms with E-state index in [1.54, 1.807) is 0 Å². The van der Waals surface area contributed by atoms with Crippen molar-refractivity contribution in [3.63, 3.8) is 0 Å². The number of imidazole rings is 1. The summed E-state index contributed by atoms with van der Waals surface area (Å²) in [4.78, 5) is 4.39. The number of rotatable bonds is 5. The van der Waals surface area contributed by atoms with Gasteiger partial charge in [0.05, 0.1) is 0 Å². The monoisotopic (exact) mass is 241 g/mol. The van der Waals surface area contributed by atoms with Gasteiger partial charge in [0, 0.05) is 24.6 Å². The molecule has 0 atom stereocenters. The summed E-state index contributed by atoms with van der Waals surface area (Å²) in [5.41, 5.74) is 1.09. The van der Waals surface area contributed by atoms with Gasteiger partial charge in [0.2, 0.25) is 5.95 Å². The molecule has 1 aliphatic carbocycles. The molecule has 0 radical (unpaired) electrons. The fraction of sp³-hybridized carbons (Fsp3) is 0.400. The lowest BCUT2D eigenvalue weighted by Gasteiger charge is -2.25. The Morgan fingerprint density at radius 3 is 2.78 bits per heavy atom. The van der Waals surface area contributed by atoms with E-state index < -0.39 is 0 Å². The molecule has 1 aromatic carbocycles. The van der Waals surface area contributed by atoms with E-state index in [-0.39, 0.29) is 0 Å². The molecular weight excluding hydrogens is 222 g/mol. The largest absolute Gasteiger partial charge is 0.326 e. The topological polar surface area (TPSA) is 29.9 Å². The smallest absolute Gasteiger partial charge is 0.207 e. The zero-order chi connectivity index (χ0) is 12.2. The Labute approximate surface area is 108 Å². The van der Waals surface area contributed by atoms with Crippen molar-refractivity contribution in [2.24, 2.45) is 5.92 Å². The van der Waals surface area contributed by atoms with Crippen LogP contribution < -0.4 is 5.32 Å². The van der Waals surface area contributed by atoms with Crippen molar-refractivity contribution >= 4 is 11.6 Å². The molecule has 18 heavy (non-hydrogen) atoms.